The molecule has 0 fully saturated rings. The van der Waals surface area contributed by atoms with Gasteiger partial charge in [-0.05, 0) is 30.9 Å². The predicted molar refractivity (Wildman–Crippen MR) is 77.3 cm³/mol. The van der Waals surface area contributed by atoms with E-state index in [0.29, 0.717) is 0 Å². The van der Waals surface area contributed by atoms with Crippen LogP contribution in [-0.2, 0) is 12.8 Å². The molecule has 4 heteroatoms. The third-order valence-electron chi connectivity index (χ3n) is 3.52. The maximum atomic E-state index is 6.12. The van der Waals surface area contributed by atoms with Gasteiger partial charge in [-0.1, -0.05) is 44.2 Å². The largest absolute Gasteiger partial charge is 0.323 e. The van der Waals surface area contributed by atoms with Gasteiger partial charge in [0.2, 0.25) is 0 Å². The van der Waals surface area contributed by atoms with Crippen molar-refractivity contribution in [2.75, 3.05) is 0 Å². The normalized spacial score (nSPS) is 12.6. The van der Waals surface area contributed by atoms with Crippen molar-refractivity contribution in [3.05, 3.63) is 41.2 Å². The number of para-hydroxylation sites is 1. The Labute approximate surface area is 114 Å². The van der Waals surface area contributed by atoms with Crippen LogP contribution in [0.25, 0.3) is 5.69 Å². The molecular formula is C15H22N4. The molecule has 1 aromatic heterocycles. The molecule has 0 amide bonds. The molecule has 0 saturated heterocycles. The molecule has 0 aliphatic carbocycles. The highest BCUT2D eigenvalue weighted by molar-refractivity contribution is 5.42. The summed E-state index contributed by atoms with van der Waals surface area (Å²) >= 11 is 0. The van der Waals surface area contributed by atoms with Crippen LogP contribution in [0, 0.1) is 0 Å². The number of nitrogens with zero attached hydrogens (tertiary/aromatic N) is 3. The van der Waals surface area contributed by atoms with Crippen molar-refractivity contribution in [3.63, 3.8) is 0 Å². The highest BCUT2D eigenvalue weighted by Crippen LogP contribution is 2.22. The van der Waals surface area contributed by atoms with E-state index in [0.717, 1.165) is 36.3 Å². The second-order valence-corrected chi connectivity index (χ2v) is 4.68. The van der Waals surface area contributed by atoms with E-state index in [1.165, 1.54) is 5.56 Å². The first-order valence-electron chi connectivity index (χ1n) is 7.01. The first-order valence-corrected chi connectivity index (χ1v) is 7.01. The lowest BCUT2D eigenvalue weighted by molar-refractivity contribution is 0.665. The Morgan fingerprint density at radius 1 is 1.16 bits per heavy atom. The molecule has 19 heavy (non-hydrogen) atoms. The minimum atomic E-state index is -0.0301. The number of aryl methyl sites for hydroxylation is 1. The van der Waals surface area contributed by atoms with E-state index >= 15 is 0 Å². The minimum absolute atomic E-state index is 0.0301. The molecule has 102 valence electrons. The standard InChI is InChI=1S/C15H22N4/c1-4-11-9-7-8-10-14(11)19-13(6-3)15(17-18-19)12(16)5-2/h7-10,12H,4-6,16H2,1-3H3. The van der Waals surface area contributed by atoms with Crippen molar-refractivity contribution < 1.29 is 0 Å². The SMILES string of the molecule is CCc1ccccc1-n1nnc(C(N)CC)c1CC. The smallest absolute Gasteiger partial charge is 0.103 e. The molecule has 0 aliphatic rings. The Kier molecular flexibility index (Phi) is 4.32. The van der Waals surface area contributed by atoms with Crippen LogP contribution >= 0.6 is 0 Å². The second kappa shape index (κ2) is 5.97. The molecule has 4 nitrogen and oxygen atoms in total. The molecule has 2 aromatic rings. The summed E-state index contributed by atoms with van der Waals surface area (Å²) in [5.74, 6) is 0. The molecule has 0 radical (unpaired) electrons. The Morgan fingerprint density at radius 2 is 1.89 bits per heavy atom. The van der Waals surface area contributed by atoms with Crippen LogP contribution in [0.3, 0.4) is 0 Å². The molecule has 2 rings (SSSR count). The summed E-state index contributed by atoms with van der Waals surface area (Å²) in [5, 5.41) is 8.62. The Morgan fingerprint density at radius 3 is 2.53 bits per heavy atom. The molecule has 1 unspecified atom stereocenters. The summed E-state index contributed by atoms with van der Waals surface area (Å²) in [6.45, 7) is 6.35. The Bertz CT molecular complexity index is 545. The van der Waals surface area contributed by atoms with E-state index in [2.05, 4.69) is 49.3 Å². The van der Waals surface area contributed by atoms with Gasteiger partial charge in [0.15, 0.2) is 0 Å². The summed E-state index contributed by atoms with van der Waals surface area (Å²) in [6, 6.07) is 8.29. The van der Waals surface area contributed by atoms with Crippen molar-refractivity contribution >= 4 is 0 Å². The van der Waals surface area contributed by atoms with Crippen LogP contribution in [0.5, 0.6) is 0 Å². The fraction of sp³-hybridized carbons (Fsp3) is 0.467. The average Bonchev–Trinajstić information content (AvgIpc) is 2.89. The topological polar surface area (TPSA) is 56.7 Å². The lowest BCUT2D eigenvalue weighted by Gasteiger charge is -2.12. The number of hydrogen-bond donors (Lipinski definition) is 1. The monoisotopic (exact) mass is 258 g/mol. The van der Waals surface area contributed by atoms with E-state index in [9.17, 15) is 0 Å². The van der Waals surface area contributed by atoms with Crippen LogP contribution < -0.4 is 5.73 Å². The van der Waals surface area contributed by atoms with Gasteiger partial charge in [-0.2, -0.15) is 0 Å². The fourth-order valence-corrected chi connectivity index (χ4v) is 2.34. The average molecular weight is 258 g/mol. The molecule has 0 saturated carbocycles. The van der Waals surface area contributed by atoms with Crippen molar-refractivity contribution in [2.24, 2.45) is 5.73 Å². The zero-order valence-electron chi connectivity index (χ0n) is 11.9. The summed E-state index contributed by atoms with van der Waals surface area (Å²) in [7, 11) is 0. The van der Waals surface area contributed by atoms with Gasteiger partial charge >= 0.3 is 0 Å². The van der Waals surface area contributed by atoms with Gasteiger partial charge in [0, 0.05) is 0 Å². The maximum absolute atomic E-state index is 6.12. The van der Waals surface area contributed by atoms with E-state index < -0.39 is 0 Å². The molecule has 0 bridgehead atoms. The molecule has 1 aromatic carbocycles. The van der Waals surface area contributed by atoms with Gasteiger partial charge in [0.25, 0.3) is 0 Å². The van der Waals surface area contributed by atoms with Crippen molar-refractivity contribution in [1.82, 2.24) is 15.0 Å². The predicted octanol–water partition coefficient (Wildman–Crippen LogP) is 2.80. The van der Waals surface area contributed by atoms with Gasteiger partial charge < -0.3 is 5.73 Å². The summed E-state index contributed by atoms with van der Waals surface area (Å²) < 4.78 is 1.95. The zero-order chi connectivity index (χ0) is 13.8. The third kappa shape index (κ3) is 2.54. The van der Waals surface area contributed by atoms with Gasteiger partial charge in [0.1, 0.15) is 5.69 Å². The molecule has 0 spiro atoms. The zero-order valence-corrected chi connectivity index (χ0v) is 11.9. The molecule has 0 aliphatic heterocycles. The van der Waals surface area contributed by atoms with E-state index in [4.69, 9.17) is 5.73 Å². The Hall–Kier alpha value is -1.68. The number of rotatable bonds is 5. The fourth-order valence-electron chi connectivity index (χ4n) is 2.34. The van der Waals surface area contributed by atoms with E-state index in [1.54, 1.807) is 0 Å². The lowest BCUT2D eigenvalue weighted by Crippen LogP contribution is -2.13. The van der Waals surface area contributed by atoms with Gasteiger partial charge in [0.05, 0.1) is 17.4 Å². The van der Waals surface area contributed by atoms with Crippen molar-refractivity contribution in [2.45, 2.75) is 46.1 Å². The highest BCUT2D eigenvalue weighted by atomic mass is 15.4. The first kappa shape index (κ1) is 13.7. The third-order valence-corrected chi connectivity index (χ3v) is 3.52. The van der Waals surface area contributed by atoms with Crippen LogP contribution in [0.4, 0.5) is 0 Å². The highest BCUT2D eigenvalue weighted by Gasteiger charge is 2.18. The molecular weight excluding hydrogens is 236 g/mol. The first-order chi connectivity index (χ1) is 9.22. The number of hydrogen-bond acceptors (Lipinski definition) is 3. The number of nitrogens with two attached hydrogens (primary N) is 1. The van der Waals surface area contributed by atoms with Gasteiger partial charge in [-0.3, -0.25) is 0 Å². The molecule has 1 atom stereocenters. The Balaban J connectivity index is 2.54. The van der Waals surface area contributed by atoms with Gasteiger partial charge in [-0.15, -0.1) is 5.10 Å². The van der Waals surface area contributed by atoms with E-state index in [1.807, 2.05) is 10.7 Å². The van der Waals surface area contributed by atoms with Crippen LogP contribution in [0.2, 0.25) is 0 Å². The van der Waals surface area contributed by atoms with Crippen LogP contribution in [0.1, 0.15) is 50.2 Å². The number of aromatic nitrogens is 3. The maximum Gasteiger partial charge on any atom is 0.103 e. The van der Waals surface area contributed by atoms with Crippen molar-refractivity contribution in [1.29, 1.82) is 0 Å². The minimum Gasteiger partial charge on any atom is -0.323 e. The second-order valence-electron chi connectivity index (χ2n) is 4.68. The van der Waals surface area contributed by atoms with Crippen LogP contribution in [-0.4, -0.2) is 15.0 Å². The van der Waals surface area contributed by atoms with Crippen molar-refractivity contribution in [3.8, 4) is 5.69 Å². The number of benzene rings is 1. The summed E-state index contributed by atoms with van der Waals surface area (Å²) in [4.78, 5) is 0. The van der Waals surface area contributed by atoms with Crippen LogP contribution in [0.15, 0.2) is 24.3 Å². The summed E-state index contributed by atoms with van der Waals surface area (Å²) in [6.07, 6.45) is 2.74. The summed E-state index contributed by atoms with van der Waals surface area (Å²) in [5.41, 5.74) is 10.6. The quantitative estimate of drug-likeness (QED) is 0.897. The molecule has 1 heterocycles. The van der Waals surface area contributed by atoms with Gasteiger partial charge in [-0.25, -0.2) is 4.68 Å². The molecule has 2 N–H and O–H groups in total. The van der Waals surface area contributed by atoms with E-state index in [-0.39, 0.29) is 6.04 Å². The lowest BCUT2D eigenvalue weighted by atomic mass is 10.1.